The zero-order valence-corrected chi connectivity index (χ0v) is 24.3. The number of nitrogens with zero attached hydrogens (tertiary/aromatic N) is 2. The molecule has 0 spiro atoms. The molecule has 6 nitrogen and oxygen atoms in total. The summed E-state index contributed by atoms with van der Waals surface area (Å²) in [6.45, 7) is 3.70. The number of hydrogen-bond acceptors (Lipinski definition) is 6. The third-order valence-corrected chi connectivity index (χ3v) is 8.17. The van der Waals surface area contributed by atoms with Crippen LogP contribution in [0.15, 0.2) is 57.5 Å². The summed E-state index contributed by atoms with van der Waals surface area (Å²) in [7, 11) is 1.63. The molecule has 0 fully saturated rings. The minimum absolute atomic E-state index is 0.212. The average molecular weight is 721 g/mol. The van der Waals surface area contributed by atoms with Gasteiger partial charge in [-0.15, -0.1) is 0 Å². The van der Waals surface area contributed by atoms with Crippen molar-refractivity contribution in [2.75, 3.05) is 13.7 Å². The molecule has 0 saturated heterocycles. The number of aromatic nitrogens is 1. The van der Waals surface area contributed by atoms with Crippen molar-refractivity contribution in [3.05, 3.63) is 90.6 Å². The Kier molecular flexibility index (Phi) is 7.85. The highest BCUT2D eigenvalue weighted by molar-refractivity contribution is 14.1. The lowest BCUT2D eigenvalue weighted by Crippen LogP contribution is -2.40. The van der Waals surface area contributed by atoms with E-state index in [1.165, 1.54) is 15.9 Å². The summed E-state index contributed by atoms with van der Waals surface area (Å²) in [5.41, 5.74) is 2.08. The molecule has 0 aliphatic carbocycles. The van der Waals surface area contributed by atoms with Crippen LogP contribution in [-0.4, -0.2) is 24.3 Å². The quantitative estimate of drug-likeness (QED) is 0.284. The van der Waals surface area contributed by atoms with E-state index in [2.05, 4.69) is 50.2 Å². The van der Waals surface area contributed by atoms with E-state index in [-0.39, 0.29) is 12.2 Å². The van der Waals surface area contributed by atoms with E-state index in [9.17, 15) is 9.59 Å². The molecule has 1 aliphatic heterocycles. The zero-order chi connectivity index (χ0) is 24.6. The highest BCUT2D eigenvalue weighted by Gasteiger charge is 2.34. The molecule has 1 aromatic heterocycles. The predicted molar refractivity (Wildman–Crippen MR) is 150 cm³/mol. The summed E-state index contributed by atoms with van der Waals surface area (Å²) in [6, 6.07) is 10.4. The molecule has 0 amide bonds. The molecule has 0 saturated carbocycles. The van der Waals surface area contributed by atoms with Crippen LogP contribution in [0.3, 0.4) is 0 Å². The third-order valence-electron chi connectivity index (χ3n) is 5.24. The first kappa shape index (κ1) is 25.4. The second-order valence-electron chi connectivity index (χ2n) is 7.34. The van der Waals surface area contributed by atoms with E-state index in [0.29, 0.717) is 31.2 Å². The number of carbonyl (C=O) groups is 1. The van der Waals surface area contributed by atoms with E-state index in [1.54, 1.807) is 27.0 Å². The highest BCUT2D eigenvalue weighted by Crippen LogP contribution is 2.34. The van der Waals surface area contributed by atoms with Gasteiger partial charge in [0.1, 0.15) is 11.8 Å². The van der Waals surface area contributed by atoms with Gasteiger partial charge in [0.15, 0.2) is 4.80 Å². The molecular weight excluding hydrogens is 702 g/mol. The second-order valence-corrected chi connectivity index (χ2v) is 11.1. The number of ether oxygens (including phenoxy) is 2. The minimum atomic E-state index is -0.734. The maximum Gasteiger partial charge on any atom is 0.338 e. The SMILES string of the molecule is CCOC(=O)C1=C(C)N=c2s/c(=C\c3cc(I)c(OC)c(I)c3)c(=O)n2[C@@H]1c1ccccc1Cl. The molecule has 4 rings (SSSR count). The van der Waals surface area contributed by atoms with Crippen LogP contribution in [0, 0.1) is 7.14 Å². The smallest absolute Gasteiger partial charge is 0.338 e. The Morgan fingerprint density at radius 1 is 1.26 bits per heavy atom. The summed E-state index contributed by atoms with van der Waals surface area (Å²) < 4.78 is 14.7. The predicted octanol–water partition coefficient (Wildman–Crippen LogP) is 4.67. The van der Waals surface area contributed by atoms with Gasteiger partial charge < -0.3 is 9.47 Å². The van der Waals surface area contributed by atoms with Crippen LogP contribution in [0.25, 0.3) is 6.08 Å². The monoisotopic (exact) mass is 720 g/mol. The number of carbonyl (C=O) groups excluding carboxylic acids is 1. The Morgan fingerprint density at radius 2 is 1.94 bits per heavy atom. The molecule has 0 N–H and O–H groups in total. The summed E-state index contributed by atoms with van der Waals surface area (Å²) in [5, 5.41) is 0.456. The van der Waals surface area contributed by atoms with Crippen molar-refractivity contribution < 1.29 is 14.3 Å². The van der Waals surface area contributed by atoms with E-state index < -0.39 is 12.0 Å². The van der Waals surface area contributed by atoms with Crippen molar-refractivity contribution in [1.82, 2.24) is 4.57 Å². The van der Waals surface area contributed by atoms with Gasteiger partial charge in [0.2, 0.25) is 0 Å². The van der Waals surface area contributed by atoms with Crippen LogP contribution < -0.4 is 19.6 Å². The Morgan fingerprint density at radius 3 is 2.56 bits per heavy atom. The van der Waals surface area contributed by atoms with Gasteiger partial charge in [0, 0.05) is 5.02 Å². The maximum atomic E-state index is 13.7. The van der Waals surface area contributed by atoms with E-state index in [0.717, 1.165) is 18.5 Å². The fourth-order valence-electron chi connectivity index (χ4n) is 3.79. The van der Waals surface area contributed by atoms with Crippen LogP contribution in [0.2, 0.25) is 5.02 Å². The van der Waals surface area contributed by atoms with Gasteiger partial charge in [-0.2, -0.15) is 0 Å². The molecular formula is C24H19ClI2N2O4S. The topological polar surface area (TPSA) is 69.9 Å². The minimum Gasteiger partial charge on any atom is -0.495 e. The lowest BCUT2D eigenvalue weighted by Gasteiger charge is -2.25. The van der Waals surface area contributed by atoms with Crippen molar-refractivity contribution in [1.29, 1.82) is 0 Å². The van der Waals surface area contributed by atoms with Gasteiger partial charge >= 0.3 is 5.97 Å². The van der Waals surface area contributed by atoms with Crippen LogP contribution in [0.4, 0.5) is 0 Å². The van der Waals surface area contributed by atoms with Crippen LogP contribution in [-0.2, 0) is 9.53 Å². The number of benzene rings is 2. The molecule has 176 valence electrons. The number of rotatable bonds is 5. The first-order valence-electron chi connectivity index (χ1n) is 10.2. The third kappa shape index (κ3) is 4.71. The molecule has 0 radical (unpaired) electrons. The number of allylic oxidation sites excluding steroid dienone is 1. The van der Waals surface area contributed by atoms with Gasteiger partial charge in [0.05, 0.1) is 36.7 Å². The first-order valence-corrected chi connectivity index (χ1v) is 13.6. The molecule has 34 heavy (non-hydrogen) atoms. The number of hydrogen-bond donors (Lipinski definition) is 0. The van der Waals surface area contributed by atoms with Crippen LogP contribution >= 0.6 is 68.1 Å². The molecule has 0 unspecified atom stereocenters. The number of methoxy groups -OCH3 is 1. The van der Waals surface area contributed by atoms with Crippen molar-refractivity contribution >= 4 is 80.2 Å². The molecule has 2 heterocycles. The summed E-state index contributed by atoms with van der Waals surface area (Å²) in [5.74, 6) is 0.287. The standard InChI is InChI=1S/C24H19ClI2N2O4S/c1-4-33-23(31)19-12(2)28-24-29(20(19)14-7-5-6-8-15(14)25)22(30)18(34-24)11-13-9-16(26)21(32-3)17(27)10-13/h5-11,20H,4H2,1-3H3/b18-11-/t20-/m1/s1. The van der Waals surface area contributed by atoms with E-state index >= 15 is 0 Å². The largest absolute Gasteiger partial charge is 0.495 e. The normalized spacial score (nSPS) is 15.7. The lowest BCUT2D eigenvalue weighted by molar-refractivity contribution is -0.139. The summed E-state index contributed by atoms with van der Waals surface area (Å²) >= 11 is 12.2. The highest BCUT2D eigenvalue weighted by atomic mass is 127. The van der Waals surface area contributed by atoms with Gasteiger partial charge in [0.25, 0.3) is 5.56 Å². The average Bonchev–Trinajstić information content (AvgIpc) is 3.07. The first-order chi connectivity index (χ1) is 16.3. The Hall–Kier alpha value is -1.70. The van der Waals surface area contributed by atoms with E-state index in [4.69, 9.17) is 21.1 Å². The molecule has 0 bridgehead atoms. The van der Waals surface area contributed by atoms with Crippen molar-refractivity contribution in [3.63, 3.8) is 0 Å². The van der Waals surface area contributed by atoms with Crippen molar-refractivity contribution in [3.8, 4) is 5.75 Å². The second kappa shape index (κ2) is 10.5. The van der Waals surface area contributed by atoms with Gasteiger partial charge in [-0.05, 0) is 94.4 Å². The molecule has 3 aromatic rings. The maximum absolute atomic E-state index is 13.7. The number of fused-ring (bicyclic) bond motifs is 1. The molecule has 1 atom stereocenters. The Labute approximate surface area is 232 Å². The molecule has 10 heteroatoms. The van der Waals surface area contributed by atoms with E-state index in [1.807, 2.05) is 36.4 Å². The zero-order valence-electron chi connectivity index (χ0n) is 18.4. The van der Waals surface area contributed by atoms with Crippen molar-refractivity contribution in [2.45, 2.75) is 19.9 Å². The van der Waals surface area contributed by atoms with Gasteiger partial charge in [-0.3, -0.25) is 9.36 Å². The molecule has 2 aromatic carbocycles. The summed E-state index contributed by atoms with van der Waals surface area (Å²) in [4.78, 5) is 31.7. The lowest BCUT2D eigenvalue weighted by atomic mass is 9.96. The fourth-order valence-corrected chi connectivity index (χ4v) is 7.33. The van der Waals surface area contributed by atoms with Crippen molar-refractivity contribution in [2.24, 2.45) is 4.99 Å². The summed E-state index contributed by atoms with van der Waals surface area (Å²) in [6.07, 6.45) is 1.83. The Balaban J connectivity index is 1.97. The van der Waals surface area contributed by atoms with Gasteiger partial charge in [-0.25, -0.2) is 9.79 Å². The Bertz CT molecular complexity index is 1490. The van der Waals surface area contributed by atoms with Gasteiger partial charge in [-0.1, -0.05) is 41.1 Å². The van der Waals surface area contributed by atoms with Crippen LogP contribution in [0.1, 0.15) is 31.0 Å². The number of halogens is 3. The number of esters is 1. The number of thiazole rings is 1. The molecule has 1 aliphatic rings. The van der Waals surface area contributed by atoms with Crippen LogP contribution in [0.5, 0.6) is 5.75 Å². The fraction of sp³-hybridized carbons (Fsp3) is 0.208.